The van der Waals surface area contributed by atoms with E-state index in [1.165, 1.54) is 0 Å². The fraction of sp³-hybridized carbons (Fsp3) is 0.450. The first-order valence-corrected chi connectivity index (χ1v) is 8.42. The highest BCUT2D eigenvalue weighted by Gasteiger charge is 2.48. The Labute approximate surface area is 139 Å². The molecule has 23 heavy (non-hydrogen) atoms. The maximum atomic E-state index is 13.1. The number of unbranched alkanes of at least 4 members (excludes halogenated alkanes) is 1. The molecule has 1 aliphatic rings. The van der Waals surface area contributed by atoms with Crippen molar-refractivity contribution >= 4 is 17.3 Å². The van der Waals surface area contributed by atoms with Gasteiger partial charge in [0.1, 0.15) is 0 Å². The molecule has 1 amide bonds. The lowest BCUT2D eigenvalue weighted by atomic mass is 9.74. The van der Waals surface area contributed by atoms with Crippen LogP contribution in [0, 0.1) is 5.41 Å². The summed E-state index contributed by atoms with van der Waals surface area (Å²) in [5.41, 5.74) is 5.35. The predicted molar refractivity (Wildman–Crippen MR) is 96.6 cm³/mol. The Hall–Kier alpha value is -2.12. The van der Waals surface area contributed by atoms with Crippen LogP contribution in [0.1, 0.15) is 52.9 Å². The number of rotatable bonds is 7. The first-order valence-electron chi connectivity index (χ1n) is 8.42. The standard InChI is InChI=1S/C20H26N2O/c1-5-8-12-17(6-2)15-20(7-3)16(4)21-22(19(20)23)18-13-10-9-11-14-18/h9-11,13-14H,2,5,7-8,12,15H2,1,3-4H3. The Morgan fingerprint density at radius 2 is 2.00 bits per heavy atom. The average molecular weight is 310 g/mol. The number of allylic oxidation sites excluding steroid dienone is 1. The van der Waals surface area contributed by atoms with Gasteiger partial charge in [0, 0.05) is 0 Å². The first-order chi connectivity index (χ1) is 11.1. The molecule has 0 N–H and O–H groups in total. The van der Waals surface area contributed by atoms with E-state index in [4.69, 9.17) is 0 Å². The third-order valence-corrected chi connectivity index (χ3v) is 4.75. The van der Waals surface area contributed by atoms with Gasteiger partial charge in [-0.25, -0.2) is 0 Å². The van der Waals surface area contributed by atoms with Crippen molar-refractivity contribution in [3.05, 3.63) is 48.2 Å². The number of nitrogens with zero attached hydrogens (tertiary/aromatic N) is 2. The van der Waals surface area contributed by atoms with Gasteiger partial charge in [0.25, 0.3) is 5.91 Å². The van der Waals surface area contributed by atoms with Crippen molar-refractivity contribution < 1.29 is 4.79 Å². The number of para-hydroxylation sites is 1. The Balaban J connectivity index is 2.30. The summed E-state index contributed by atoms with van der Waals surface area (Å²) in [6.07, 6.45) is 4.59. The van der Waals surface area contributed by atoms with Crippen molar-refractivity contribution in [3.63, 3.8) is 0 Å². The van der Waals surface area contributed by atoms with Crippen LogP contribution < -0.4 is 5.01 Å². The van der Waals surface area contributed by atoms with Crippen molar-refractivity contribution in [2.45, 2.75) is 52.9 Å². The molecular weight excluding hydrogens is 284 g/mol. The van der Waals surface area contributed by atoms with Gasteiger partial charge in [0.05, 0.1) is 16.8 Å². The number of hydrazone groups is 1. The fourth-order valence-electron chi connectivity index (χ4n) is 3.12. The summed E-state index contributed by atoms with van der Waals surface area (Å²) >= 11 is 0. The molecule has 0 fully saturated rings. The minimum absolute atomic E-state index is 0.0629. The molecule has 1 aliphatic heterocycles. The summed E-state index contributed by atoms with van der Waals surface area (Å²) in [5, 5.41) is 6.13. The average Bonchev–Trinajstić information content (AvgIpc) is 2.84. The molecule has 0 saturated carbocycles. The summed E-state index contributed by atoms with van der Waals surface area (Å²) in [5.74, 6) is 0.0629. The lowest BCUT2D eigenvalue weighted by Gasteiger charge is -2.27. The van der Waals surface area contributed by atoms with Crippen molar-refractivity contribution in [2.24, 2.45) is 10.5 Å². The van der Waals surface area contributed by atoms with Gasteiger partial charge in [0.2, 0.25) is 0 Å². The van der Waals surface area contributed by atoms with Crippen molar-refractivity contribution in [2.75, 3.05) is 5.01 Å². The largest absolute Gasteiger partial charge is 0.271 e. The maximum absolute atomic E-state index is 13.1. The van der Waals surface area contributed by atoms with Crippen LogP contribution in [0.4, 0.5) is 5.69 Å². The van der Waals surface area contributed by atoms with Gasteiger partial charge in [-0.05, 0) is 50.3 Å². The van der Waals surface area contributed by atoms with Crippen LogP contribution in [0.15, 0.2) is 53.3 Å². The Kier molecular flexibility index (Phi) is 5.57. The number of amides is 1. The fourth-order valence-corrected chi connectivity index (χ4v) is 3.12. The molecule has 0 spiro atoms. The van der Waals surface area contributed by atoms with Crippen molar-refractivity contribution in [3.8, 4) is 0 Å². The first kappa shape index (κ1) is 17.2. The molecule has 1 unspecified atom stereocenters. The van der Waals surface area contributed by atoms with E-state index in [-0.39, 0.29) is 5.91 Å². The lowest BCUT2D eigenvalue weighted by Crippen LogP contribution is -2.39. The van der Waals surface area contributed by atoms with Crippen LogP contribution >= 0.6 is 0 Å². The number of anilines is 1. The topological polar surface area (TPSA) is 32.7 Å². The van der Waals surface area contributed by atoms with E-state index in [1.807, 2.05) is 37.3 Å². The van der Waals surface area contributed by atoms with E-state index in [9.17, 15) is 4.79 Å². The van der Waals surface area contributed by atoms with Crippen LogP contribution in [-0.2, 0) is 4.79 Å². The molecule has 0 radical (unpaired) electrons. The molecule has 122 valence electrons. The Bertz CT molecular complexity index is 641. The maximum Gasteiger partial charge on any atom is 0.259 e. The predicted octanol–water partition coefficient (Wildman–Crippen LogP) is 5.10. The molecule has 0 bridgehead atoms. The Morgan fingerprint density at radius 3 is 2.57 bits per heavy atom. The van der Waals surface area contributed by atoms with Crippen LogP contribution in [0.3, 0.4) is 0 Å². The highest BCUT2D eigenvalue weighted by Crippen LogP contribution is 2.41. The molecule has 2 rings (SSSR count). The van der Waals surface area contributed by atoms with Crippen LogP contribution in [0.5, 0.6) is 0 Å². The van der Waals surface area contributed by atoms with Gasteiger partial charge in [-0.15, -0.1) is 5.73 Å². The summed E-state index contributed by atoms with van der Waals surface area (Å²) in [7, 11) is 0. The van der Waals surface area contributed by atoms with Gasteiger partial charge < -0.3 is 0 Å². The number of hydrogen-bond acceptors (Lipinski definition) is 2. The third kappa shape index (κ3) is 3.30. The molecule has 0 aliphatic carbocycles. The van der Waals surface area contributed by atoms with Gasteiger partial charge >= 0.3 is 0 Å². The molecule has 1 aromatic carbocycles. The highest BCUT2D eigenvalue weighted by molar-refractivity contribution is 6.18. The molecule has 0 aromatic heterocycles. The molecular formula is C20H26N2O. The van der Waals surface area contributed by atoms with Gasteiger partial charge in [-0.2, -0.15) is 10.1 Å². The van der Waals surface area contributed by atoms with Gasteiger partial charge in [-0.1, -0.05) is 45.0 Å². The van der Waals surface area contributed by atoms with E-state index < -0.39 is 5.41 Å². The van der Waals surface area contributed by atoms with Crippen LogP contribution in [0.2, 0.25) is 0 Å². The molecule has 3 nitrogen and oxygen atoms in total. The number of benzene rings is 1. The molecule has 1 heterocycles. The highest BCUT2D eigenvalue weighted by atomic mass is 16.2. The van der Waals surface area contributed by atoms with Gasteiger partial charge in [0.15, 0.2) is 0 Å². The second kappa shape index (κ2) is 7.43. The molecule has 1 atom stereocenters. The SMILES string of the molecule is C=C=C(CCCC)CC1(CC)C(=O)N(c2ccccc2)N=C1C. The summed E-state index contributed by atoms with van der Waals surface area (Å²) in [6, 6.07) is 9.63. The normalized spacial score (nSPS) is 20.4. The zero-order valence-corrected chi connectivity index (χ0v) is 14.4. The lowest BCUT2D eigenvalue weighted by molar-refractivity contribution is -0.124. The van der Waals surface area contributed by atoms with E-state index in [2.05, 4.69) is 31.3 Å². The minimum Gasteiger partial charge on any atom is -0.271 e. The third-order valence-electron chi connectivity index (χ3n) is 4.75. The number of carbonyl (C=O) groups is 1. The van der Waals surface area contributed by atoms with Crippen LogP contribution in [0.25, 0.3) is 0 Å². The van der Waals surface area contributed by atoms with Gasteiger partial charge in [-0.3, -0.25) is 4.79 Å². The van der Waals surface area contributed by atoms with E-state index in [0.717, 1.165) is 42.7 Å². The zero-order valence-electron chi connectivity index (χ0n) is 14.4. The van der Waals surface area contributed by atoms with Crippen LogP contribution in [-0.4, -0.2) is 11.6 Å². The zero-order chi connectivity index (χ0) is 16.9. The molecule has 0 saturated heterocycles. The summed E-state index contributed by atoms with van der Waals surface area (Å²) in [4.78, 5) is 13.1. The second-order valence-corrected chi connectivity index (χ2v) is 6.13. The molecule has 3 heteroatoms. The monoisotopic (exact) mass is 310 g/mol. The van der Waals surface area contributed by atoms with Crippen molar-refractivity contribution in [1.82, 2.24) is 0 Å². The smallest absolute Gasteiger partial charge is 0.259 e. The van der Waals surface area contributed by atoms with E-state index in [1.54, 1.807) is 5.01 Å². The summed E-state index contributed by atoms with van der Waals surface area (Å²) in [6.45, 7) is 10.0. The number of hydrogen-bond donors (Lipinski definition) is 0. The Morgan fingerprint density at radius 1 is 1.30 bits per heavy atom. The second-order valence-electron chi connectivity index (χ2n) is 6.13. The quantitative estimate of drug-likeness (QED) is 0.645. The van der Waals surface area contributed by atoms with Crippen molar-refractivity contribution in [1.29, 1.82) is 0 Å². The minimum atomic E-state index is -0.552. The number of carbonyl (C=O) groups excluding carboxylic acids is 1. The van der Waals surface area contributed by atoms with E-state index >= 15 is 0 Å². The molecule has 1 aromatic rings. The summed E-state index contributed by atoms with van der Waals surface area (Å²) < 4.78 is 0. The van der Waals surface area contributed by atoms with E-state index in [0.29, 0.717) is 6.42 Å².